The van der Waals surface area contributed by atoms with Gasteiger partial charge < -0.3 is 33.2 Å². The number of hydrogen-bond acceptors (Lipinski definition) is 7. The summed E-state index contributed by atoms with van der Waals surface area (Å²) in [6, 6.07) is 12.3. The van der Waals surface area contributed by atoms with E-state index >= 15 is 0 Å². The molecule has 0 N–H and O–H groups in total. The minimum atomic E-state index is -0.449. The molecule has 0 unspecified atom stereocenters. The summed E-state index contributed by atoms with van der Waals surface area (Å²) in [7, 11) is 0. The van der Waals surface area contributed by atoms with Crippen LogP contribution >= 0.6 is 11.6 Å². The minimum absolute atomic E-state index is 0.309. The molecule has 4 rings (SSSR count). The molecule has 2 aliphatic heterocycles. The van der Waals surface area contributed by atoms with Gasteiger partial charge in [0.05, 0.1) is 19.8 Å². The number of unbranched alkanes of at least 4 members (excludes halogenated alkanes) is 3. The van der Waals surface area contributed by atoms with Gasteiger partial charge in [0.25, 0.3) is 0 Å². The van der Waals surface area contributed by atoms with Gasteiger partial charge in [-0.1, -0.05) is 63.8 Å². The lowest BCUT2D eigenvalue weighted by Gasteiger charge is -2.46. The number of ether oxygens (including phenoxy) is 7. The Labute approximate surface area is 282 Å². The van der Waals surface area contributed by atoms with E-state index in [2.05, 4.69) is 39.0 Å². The molecule has 0 radical (unpaired) electrons. The van der Waals surface area contributed by atoms with Gasteiger partial charge in [-0.2, -0.15) is 0 Å². The number of fused-ring (bicyclic) bond motifs is 4. The van der Waals surface area contributed by atoms with Crippen LogP contribution in [0, 0.1) is 0 Å². The first kappa shape index (κ1) is 37.0. The third-order valence-electron chi connectivity index (χ3n) is 8.65. The van der Waals surface area contributed by atoms with Crippen LogP contribution in [0.3, 0.4) is 0 Å². The Bertz CT molecular complexity index is 1130. The summed E-state index contributed by atoms with van der Waals surface area (Å²) in [6.07, 6.45) is 7.82. The molecular formula is C38H57ClO7. The number of hydrogen-bond donors (Lipinski definition) is 0. The van der Waals surface area contributed by atoms with Gasteiger partial charge in [0.1, 0.15) is 42.0 Å². The highest BCUT2D eigenvalue weighted by atomic mass is 35.5. The molecule has 2 aromatic carbocycles. The zero-order valence-electron chi connectivity index (χ0n) is 28.6. The van der Waals surface area contributed by atoms with Crippen molar-refractivity contribution in [1.82, 2.24) is 0 Å². The first-order valence-electron chi connectivity index (χ1n) is 17.8. The summed E-state index contributed by atoms with van der Waals surface area (Å²) < 4.78 is 45.5. The van der Waals surface area contributed by atoms with Crippen LogP contribution in [0.15, 0.2) is 36.4 Å². The average molecular weight is 661 g/mol. The normalized spacial score (nSPS) is 23.8. The summed E-state index contributed by atoms with van der Waals surface area (Å²) >= 11 is 6.98. The highest BCUT2D eigenvalue weighted by Crippen LogP contribution is 2.43. The van der Waals surface area contributed by atoms with Crippen molar-refractivity contribution in [2.75, 3.05) is 46.2 Å². The molecule has 0 spiro atoms. The Morgan fingerprint density at radius 3 is 2.09 bits per heavy atom. The molecule has 1 saturated heterocycles. The lowest BCUT2D eigenvalue weighted by Crippen LogP contribution is -2.58. The van der Waals surface area contributed by atoms with Crippen molar-refractivity contribution in [3.05, 3.63) is 58.1 Å². The molecule has 0 saturated carbocycles. The van der Waals surface area contributed by atoms with Crippen molar-refractivity contribution >= 4 is 11.6 Å². The second-order valence-electron chi connectivity index (χ2n) is 12.4. The maximum Gasteiger partial charge on any atom is 0.126 e. The second kappa shape index (κ2) is 20.5. The molecule has 2 bridgehead atoms. The van der Waals surface area contributed by atoms with E-state index in [-0.39, 0.29) is 18.3 Å². The van der Waals surface area contributed by atoms with Crippen LogP contribution < -0.4 is 9.47 Å². The maximum atomic E-state index is 7.04. The van der Waals surface area contributed by atoms with Gasteiger partial charge in [-0.05, 0) is 87.3 Å². The molecule has 0 amide bonds. The van der Waals surface area contributed by atoms with Crippen LogP contribution in [0.4, 0.5) is 0 Å². The summed E-state index contributed by atoms with van der Waals surface area (Å²) in [4.78, 5) is 0. The van der Waals surface area contributed by atoms with E-state index in [4.69, 9.17) is 44.8 Å². The molecule has 8 heteroatoms. The largest absolute Gasteiger partial charge is 0.494 e. The quantitative estimate of drug-likeness (QED) is 0.167. The van der Waals surface area contributed by atoms with E-state index in [1.165, 1.54) is 0 Å². The van der Waals surface area contributed by atoms with Crippen molar-refractivity contribution in [2.24, 2.45) is 0 Å². The molecular weight excluding hydrogens is 604 g/mol. The van der Waals surface area contributed by atoms with Crippen LogP contribution in [0.25, 0.3) is 0 Å². The Morgan fingerprint density at radius 1 is 0.761 bits per heavy atom. The highest BCUT2D eigenvalue weighted by Gasteiger charge is 2.49. The van der Waals surface area contributed by atoms with E-state index in [9.17, 15) is 0 Å². The fourth-order valence-corrected chi connectivity index (χ4v) is 6.24. The fraction of sp³-hybridized carbons (Fsp3) is 0.684. The van der Waals surface area contributed by atoms with E-state index in [0.717, 1.165) is 86.0 Å². The van der Waals surface area contributed by atoms with Crippen LogP contribution in [0.2, 0.25) is 5.02 Å². The molecule has 0 aliphatic carbocycles. The molecule has 2 aromatic rings. The Morgan fingerprint density at radius 2 is 1.41 bits per heavy atom. The number of halogens is 1. The van der Waals surface area contributed by atoms with Crippen molar-refractivity contribution < 1.29 is 33.2 Å². The lowest BCUT2D eigenvalue weighted by atomic mass is 9.88. The zero-order valence-corrected chi connectivity index (χ0v) is 29.4. The maximum absolute atomic E-state index is 7.04. The molecule has 7 nitrogen and oxygen atoms in total. The lowest BCUT2D eigenvalue weighted by molar-refractivity contribution is -0.268. The first-order valence-corrected chi connectivity index (χ1v) is 18.2. The van der Waals surface area contributed by atoms with E-state index in [1.807, 2.05) is 25.1 Å². The minimum Gasteiger partial charge on any atom is -0.494 e. The molecule has 2 aliphatic rings. The van der Waals surface area contributed by atoms with Gasteiger partial charge in [0.2, 0.25) is 0 Å². The van der Waals surface area contributed by atoms with Gasteiger partial charge >= 0.3 is 0 Å². The SMILES string of the molecule is CCCCO[C@@H]1[C@@H](OCCCC)[C@H]2O[C@H](COCCCCCOc3cc(Cl)c(Cc4ccc(OCC)cc4)cc32)[C@H]1OCCCC. The van der Waals surface area contributed by atoms with Crippen LogP contribution in [0.1, 0.15) is 108 Å². The van der Waals surface area contributed by atoms with Gasteiger partial charge in [-0.25, -0.2) is 0 Å². The number of rotatable bonds is 16. The molecule has 1 fully saturated rings. The van der Waals surface area contributed by atoms with Gasteiger partial charge in [0, 0.05) is 37.0 Å². The van der Waals surface area contributed by atoms with Crippen molar-refractivity contribution in [2.45, 2.75) is 122 Å². The molecule has 46 heavy (non-hydrogen) atoms. The van der Waals surface area contributed by atoms with Crippen LogP contribution in [-0.4, -0.2) is 70.7 Å². The first-order chi connectivity index (χ1) is 22.6. The van der Waals surface area contributed by atoms with Crippen molar-refractivity contribution in [3.8, 4) is 11.5 Å². The third-order valence-corrected chi connectivity index (χ3v) is 9.00. The van der Waals surface area contributed by atoms with E-state index in [1.54, 1.807) is 0 Å². The predicted molar refractivity (Wildman–Crippen MR) is 184 cm³/mol. The third kappa shape index (κ3) is 10.8. The summed E-state index contributed by atoms with van der Waals surface area (Å²) in [5.41, 5.74) is 3.09. The summed E-state index contributed by atoms with van der Waals surface area (Å²) in [5.74, 6) is 1.60. The van der Waals surface area contributed by atoms with Gasteiger partial charge in [0.15, 0.2) is 0 Å². The van der Waals surface area contributed by atoms with Crippen molar-refractivity contribution in [3.63, 3.8) is 0 Å². The van der Waals surface area contributed by atoms with Gasteiger partial charge in [-0.3, -0.25) is 0 Å². The van der Waals surface area contributed by atoms with E-state index < -0.39 is 12.2 Å². The Kier molecular flexibility index (Phi) is 16.5. The zero-order chi connectivity index (χ0) is 32.6. The Hall–Kier alpha value is -1.87. The fourth-order valence-electron chi connectivity index (χ4n) is 6.02. The van der Waals surface area contributed by atoms with Gasteiger partial charge in [-0.15, -0.1) is 0 Å². The molecule has 5 atom stereocenters. The Balaban J connectivity index is 1.77. The second-order valence-corrected chi connectivity index (χ2v) is 12.8. The van der Waals surface area contributed by atoms with Crippen LogP contribution in [0.5, 0.6) is 11.5 Å². The highest BCUT2D eigenvalue weighted by molar-refractivity contribution is 6.31. The van der Waals surface area contributed by atoms with E-state index in [0.29, 0.717) is 57.7 Å². The molecule has 0 aromatic heterocycles. The summed E-state index contributed by atoms with van der Waals surface area (Å²) in [5, 5.41) is 0.674. The van der Waals surface area contributed by atoms with Crippen molar-refractivity contribution in [1.29, 1.82) is 0 Å². The standard InChI is InChI=1S/C38H57ClO7/c1-5-9-20-43-36-34-27-40-19-13-12-14-23-42-33-26-32(39)29(24-28-15-17-30(18-16-28)41-8-4)25-31(33)35(46-34)37(44-21-10-6-2)38(36)45-22-11-7-3/h15-18,25-26,34-38H,5-14,19-24,27H2,1-4H3/t34-,35+,36-,37+,38+/m1/s1. The summed E-state index contributed by atoms with van der Waals surface area (Å²) in [6.45, 7) is 12.8. The number of benzene rings is 2. The van der Waals surface area contributed by atoms with Crippen LogP contribution in [-0.2, 0) is 30.1 Å². The molecule has 258 valence electrons. The monoisotopic (exact) mass is 660 g/mol. The topological polar surface area (TPSA) is 64.6 Å². The smallest absolute Gasteiger partial charge is 0.126 e. The molecule has 2 heterocycles. The average Bonchev–Trinajstić information content (AvgIpc) is 3.07. The predicted octanol–water partition coefficient (Wildman–Crippen LogP) is 8.90.